The van der Waals surface area contributed by atoms with Crippen molar-refractivity contribution in [1.29, 1.82) is 0 Å². The maximum atomic E-state index is 12.0. The summed E-state index contributed by atoms with van der Waals surface area (Å²) in [5.74, 6) is -0.624. The smallest absolute Gasteiger partial charge is 0.269 e. The monoisotopic (exact) mass is 398 g/mol. The highest BCUT2D eigenvalue weighted by Gasteiger charge is 2.19. The molecule has 9 heteroatoms. The van der Waals surface area contributed by atoms with E-state index in [0.29, 0.717) is 16.5 Å². The summed E-state index contributed by atoms with van der Waals surface area (Å²) in [7, 11) is -2.77. The number of para-hydroxylation sites is 1. The number of benzene rings is 2. The maximum absolute atomic E-state index is 12.0. The largest absolute Gasteiger partial charge is 0.286 e. The van der Waals surface area contributed by atoms with Crippen LogP contribution in [0.25, 0.3) is 23.0 Å². The third-order valence-electron chi connectivity index (χ3n) is 3.91. The van der Waals surface area contributed by atoms with Gasteiger partial charge in [0.15, 0.2) is 0 Å². The van der Waals surface area contributed by atoms with Gasteiger partial charge in [-0.3, -0.25) is 10.0 Å². The Balaban J connectivity index is 2.20. The van der Waals surface area contributed by atoms with Gasteiger partial charge >= 0.3 is 0 Å². The fraction of sp³-hybridized carbons (Fsp3) is 0.0526. The summed E-state index contributed by atoms with van der Waals surface area (Å²) in [5.41, 5.74) is 2.10. The second-order valence-electron chi connectivity index (χ2n) is 5.94. The molecule has 0 unspecified atom stereocenters. The van der Waals surface area contributed by atoms with Crippen LogP contribution in [0.1, 0.15) is 5.69 Å². The highest BCUT2D eigenvalue weighted by molar-refractivity contribution is 7.89. The molecule has 0 atom stereocenters. The topological polar surface area (TPSA) is 119 Å². The zero-order valence-corrected chi connectivity index (χ0v) is 15.7. The van der Waals surface area contributed by atoms with Gasteiger partial charge in [0.1, 0.15) is 4.90 Å². The minimum atomic E-state index is -3.98. The number of carbonyl (C=O) groups is 1. The molecule has 1 amide bonds. The van der Waals surface area contributed by atoms with E-state index < -0.39 is 15.9 Å². The number of amides is 1. The Labute approximate surface area is 162 Å². The molecule has 144 valence electrons. The number of sulfonamides is 1. The van der Waals surface area contributed by atoms with Crippen LogP contribution in [0.4, 0.5) is 0 Å². The van der Waals surface area contributed by atoms with Crippen molar-refractivity contribution in [3.63, 3.8) is 0 Å². The van der Waals surface area contributed by atoms with Crippen molar-refractivity contribution >= 4 is 22.0 Å². The molecule has 0 aliphatic heterocycles. The van der Waals surface area contributed by atoms with Gasteiger partial charge in [-0.15, -0.1) is 0 Å². The van der Waals surface area contributed by atoms with Gasteiger partial charge in [0.25, 0.3) is 5.91 Å². The van der Waals surface area contributed by atoms with Gasteiger partial charge < -0.3 is 0 Å². The Kier molecular flexibility index (Phi) is 5.41. The van der Waals surface area contributed by atoms with Crippen LogP contribution in [-0.4, -0.2) is 41.4 Å². The van der Waals surface area contributed by atoms with Crippen molar-refractivity contribution in [1.82, 2.24) is 14.8 Å². The number of hydrogen-bond donors (Lipinski definition) is 2. The first-order chi connectivity index (χ1) is 13.3. The van der Waals surface area contributed by atoms with E-state index in [2.05, 4.69) is 5.10 Å². The van der Waals surface area contributed by atoms with Crippen LogP contribution in [0.15, 0.2) is 71.6 Å². The lowest BCUT2D eigenvalue weighted by Crippen LogP contribution is -2.19. The fourth-order valence-corrected chi connectivity index (χ4v) is 3.33. The van der Waals surface area contributed by atoms with Gasteiger partial charge in [-0.25, -0.2) is 23.3 Å². The average molecular weight is 398 g/mol. The molecule has 1 aromatic heterocycles. The Morgan fingerprint density at radius 3 is 2.43 bits per heavy atom. The number of nitrogens with zero attached hydrogens (tertiary/aromatic N) is 3. The van der Waals surface area contributed by atoms with Crippen LogP contribution in [0.3, 0.4) is 0 Å². The second-order valence-corrected chi connectivity index (χ2v) is 7.47. The van der Waals surface area contributed by atoms with Crippen molar-refractivity contribution < 1.29 is 18.4 Å². The lowest BCUT2D eigenvalue weighted by Gasteiger charge is -2.11. The van der Waals surface area contributed by atoms with Crippen LogP contribution in [0.2, 0.25) is 0 Å². The number of aromatic nitrogens is 2. The molecule has 28 heavy (non-hydrogen) atoms. The molecule has 0 saturated carbocycles. The Bertz CT molecular complexity index is 1140. The normalized spacial score (nSPS) is 11.7. The van der Waals surface area contributed by atoms with Gasteiger partial charge in [-0.2, -0.15) is 5.10 Å². The van der Waals surface area contributed by atoms with E-state index in [1.807, 2.05) is 30.3 Å². The molecule has 0 radical (unpaired) electrons. The van der Waals surface area contributed by atoms with Gasteiger partial charge in [0.05, 0.1) is 17.1 Å². The first-order valence-corrected chi connectivity index (χ1v) is 9.74. The second kappa shape index (κ2) is 7.77. The van der Waals surface area contributed by atoms with E-state index in [0.717, 1.165) is 11.6 Å². The number of nitrogens with two attached hydrogens (primary N) is 1. The number of hydroxylamine groups is 2. The average Bonchev–Trinajstić information content (AvgIpc) is 3.10. The highest BCUT2D eigenvalue weighted by atomic mass is 32.2. The third-order valence-corrected chi connectivity index (χ3v) is 4.87. The summed E-state index contributed by atoms with van der Waals surface area (Å²) < 4.78 is 25.5. The minimum Gasteiger partial charge on any atom is -0.286 e. The Morgan fingerprint density at radius 2 is 1.79 bits per heavy atom. The van der Waals surface area contributed by atoms with Crippen LogP contribution in [-0.2, 0) is 14.8 Å². The zero-order valence-electron chi connectivity index (χ0n) is 14.9. The number of primary sulfonamides is 1. The molecule has 8 nitrogen and oxygen atoms in total. The van der Waals surface area contributed by atoms with E-state index in [1.54, 1.807) is 24.3 Å². The van der Waals surface area contributed by atoms with Crippen molar-refractivity contribution in [2.24, 2.45) is 5.14 Å². The lowest BCUT2D eigenvalue weighted by atomic mass is 10.1. The van der Waals surface area contributed by atoms with E-state index in [9.17, 15) is 13.2 Å². The first-order valence-electron chi connectivity index (χ1n) is 8.19. The molecule has 0 bridgehead atoms. The number of carbonyl (C=O) groups excluding carboxylic acids is 1. The summed E-state index contributed by atoms with van der Waals surface area (Å²) in [5, 5.41) is 19.4. The molecule has 3 rings (SSSR count). The SMILES string of the molecule is CN(O)C(=O)C=Cc1cc(-c2ccccc2)n(-c2ccccc2S(N)(=O)=O)n1. The molecule has 0 spiro atoms. The minimum absolute atomic E-state index is 0.0722. The standard InChI is InChI=1S/C19H18N4O4S/c1-22(25)19(24)12-11-15-13-17(14-7-3-2-4-8-14)23(21-15)16-9-5-6-10-18(16)28(20,26)27/h2-13,25H,1H3,(H2,20,26,27). The predicted molar refractivity (Wildman–Crippen MR) is 104 cm³/mol. The van der Waals surface area contributed by atoms with Crippen LogP contribution >= 0.6 is 0 Å². The van der Waals surface area contributed by atoms with E-state index in [1.165, 1.54) is 23.9 Å². The van der Waals surface area contributed by atoms with Crippen molar-refractivity contribution in [3.05, 3.63) is 72.4 Å². The summed E-state index contributed by atoms with van der Waals surface area (Å²) in [6.45, 7) is 0. The summed E-state index contributed by atoms with van der Waals surface area (Å²) in [6.07, 6.45) is 2.59. The number of rotatable bonds is 5. The molecular formula is C19H18N4O4S. The van der Waals surface area contributed by atoms with Crippen molar-refractivity contribution in [3.8, 4) is 16.9 Å². The molecule has 3 N–H and O–H groups in total. The first kappa shape index (κ1) is 19.5. The van der Waals surface area contributed by atoms with E-state index in [4.69, 9.17) is 10.3 Å². The molecule has 0 saturated heterocycles. The molecular weight excluding hydrogens is 380 g/mol. The van der Waals surface area contributed by atoms with E-state index >= 15 is 0 Å². The molecule has 0 aliphatic carbocycles. The third kappa shape index (κ3) is 4.17. The van der Waals surface area contributed by atoms with Gasteiger partial charge in [0.2, 0.25) is 10.0 Å². The molecule has 2 aromatic carbocycles. The number of hydrogen-bond acceptors (Lipinski definition) is 5. The van der Waals surface area contributed by atoms with Crippen molar-refractivity contribution in [2.45, 2.75) is 4.90 Å². The van der Waals surface area contributed by atoms with Crippen LogP contribution in [0.5, 0.6) is 0 Å². The Hall–Kier alpha value is -3.27. The van der Waals surface area contributed by atoms with Gasteiger partial charge in [0, 0.05) is 18.7 Å². The summed E-state index contributed by atoms with van der Waals surface area (Å²) >= 11 is 0. The highest BCUT2D eigenvalue weighted by Crippen LogP contribution is 2.27. The molecule has 0 aliphatic rings. The zero-order chi connectivity index (χ0) is 20.3. The van der Waals surface area contributed by atoms with Gasteiger partial charge in [-0.1, -0.05) is 42.5 Å². The molecule has 1 heterocycles. The molecule has 3 aromatic rings. The quantitative estimate of drug-likeness (QED) is 0.387. The number of likely N-dealkylation sites (N-methyl/N-ethyl adjacent to an activating group) is 1. The summed E-state index contributed by atoms with van der Waals surface area (Å²) in [4.78, 5) is 11.5. The lowest BCUT2D eigenvalue weighted by molar-refractivity contribution is -0.153. The predicted octanol–water partition coefficient (Wildman–Crippen LogP) is 2.05. The van der Waals surface area contributed by atoms with Crippen LogP contribution in [0, 0.1) is 0 Å². The maximum Gasteiger partial charge on any atom is 0.269 e. The van der Waals surface area contributed by atoms with E-state index in [-0.39, 0.29) is 10.6 Å². The van der Waals surface area contributed by atoms with Crippen molar-refractivity contribution in [2.75, 3.05) is 7.05 Å². The van der Waals surface area contributed by atoms with Crippen LogP contribution < -0.4 is 5.14 Å². The molecule has 0 fully saturated rings. The fourth-order valence-electron chi connectivity index (χ4n) is 2.62. The Morgan fingerprint density at radius 1 is 1.14 bits per heavy atom. The van der Waals surface area contributed by atoms with Gasteiger partial charge in [-0.05, 0) is 24.3 Å². The summed E-state index contributed by atoms with van der Waals surface area (Å²) in [6, 6.07) is 17.2.